The molecule has 7 nitrogen and oxygen atoms in total. The highest BCUT2D eigenvalue weighted by molar-refractivity contribution is 8.03. The predicted octanol–water partition coefficient (Wildman–Crippen LogP) is 2.35. The van der Waals surface area contributed by atoms with Gasteiger partial charge in [-0.1, -0.05) is 31.4 Å². The molecule has 1 aromatic rings. The number of β-lactam (4-membered cyclic amide) rings is 1. The summed E-state index contributed by atoms with van der Waals surface area (Å²) in [6, 6.07) is 2.79. The highest BCUT2D eigenvalue weighted by atomic mass is 32.2. The number of carbonyl (C=O) groups excluding carboxylic acids is 2. The average molecular weight is 444 g/mol. The summed E-state index contributed by atoms with van der Waals surface area (Å²) in [7, 11) is 0. The van der Waals surface area contributed by atoms with Crippen LogP contribution in [0, 0.1) is 0 Å². The highest BCUT2D eigenvalue weighted by Gasteiger charge is 2.54. The van der Waals surface area contributed by atoms with Crippen LogP contribution in [-0.4, -0.2) is 55.7 Å². The fourth-order valence-corrected chi connectivity index (χ4v) is 5.53. The molecule has 1 fully saturated rings. The van der Waals surface area contributed by atoms with Crippen LogP contribution in [-0.2, 0) is 20.8 Å². The molecule has 1 saturated heterocycles. The van der Waals surface area contributed by atoms with Crippen molar-refractivity contribution in [2.75, 3.05) is 11.5 Å². The van der Waals surface area contributed by atoms with Crippen LogP contribution in [0.25, 0.3) is 0 Å². The van der Waals surface area contributed by atoms with Crippen molar-refractivity contribution in [2.45, 2.75) is 17.8 Å². The number of nitrogens with zero attached hydrogens (tertiary/aromatic N) is 2. The van der Waals surface area contributed by atoms with E-state index in [1.807, 2.05) is 0 Å². The Morgan fingerprint density at radius 2 is 2.23 bits per heavy atom. The number of aromatic nitrogens is 1. The van der Waals surface area contributed by atoms with Crippen LogP contribution in [0.15, 0.2) is 72.1 Å². The minimum absolute atomic E-state index is 0.0102. The van der Waals surface area contributed by atoms with E-state index in [-0.39, 0.29) is 18.0 Å². The Bertz CT molecular complexity index is 943. The summed E-state index contributed by atoms with van der Waals surface area (Å²) in [6.07, 6.45) is 8.43. The van der Waals surface area contributed by atoms with Crippen LogP contribution in [0.3, 0.4) is 0 Å². The summed E-state index contributed by atoms with van der Waals surface area (Å²) in [4.78, 5) is 43.0. The molecule has 2 atom stereocenters. The number of carbonyl (C=O) groups is 3. The summed E-state index contributed by atoms with van der Waals surface area (Å²) < 4.78 is 0. The minimum atomic E-state index is -1.14. The molecule has 1 aromatic heterocycles. The number of fused-ring (bicyclic) bond motifs is 1. The topological polar surface area (TPSA) is 99.6 Å². The lowest BCUT2D eigenvalue weighted by Crippen LogP contribution is -2.70. The van der Waals surface area contributed by atoms with E-state index in [1.165, 1.54) is 28.4 Å². The number of carboxylic acids is 1. The van der Waals surface area contributed by atoms with Crippen molar-refractivity contribution < 1.29 is 19.5 Å². The van der Waals surface area contributed by atoms with Gasteiger partial charge < -0.3 is 10.4 Å². The summed E-state index contributed by atoms with van der Waals surface area (Å²) in [5.41, 5.74) is 1.42. The van der Waals surface area contributed by atoms with E-state index in [0.29, 0.717) is 17.1 Å². The number of hydrogen-bond acceptors (Lipinski definition) is 6. The second-order valence-electron chi connectivity index (χ2n) is 6.55. The molecule has 9 heteroatoms. The molecular formula is C21H21N3O4S2. The van der Waals surface area contributed by atoms with Crippen LogP contribution in [0.4, 0.5) is 0 Å². The molecule has 2 aliphatic rings. The normalized spacial score (nSPS) is 20.9. The predicted molar refractivity (Wildman–Crippen MR) is 119 cm³/mol. The fraction of sp³-hybridized carbons (Fsp3) is 0.238. The summed E-state index contributed by atoms with van der Waals surface area (Å²) in [5.74, 6) is -0.950. The van der Waals surface area contributed by atoms with Crippen molar-refractivity contribution >= 4 is 41.3 Å². The Morgan fingerprint density at radius 1 is 1.43 bits per heavy atom. The Balaban J connectivity index is 1.69. The van der Waals surface area contributed by atoms with Gasteiger partial charge >= 0.3 is 5.97 Å². The lowest BCUT2D eigenvalue weighted by molar-refractivity contribution is -0.150. The van der Waals surface area contributed by atoms with Gasteiger partial charge in [0.1, 0.15) is 17.1 Å². The Morgan fingerprint density at radius 3 is 2.87 bits per heavy atom. The van der Waals surface area contributed by atoms with Gasteiger partial charge in [-0.05, 0) is 23.3 Å². The third kappa shape index (κ3) is 4.68. The molecule has 0 radical (unpaired) electrons. The highest BCUT2D eigenvalue weighted by Crippen LogP contribution is 2.41. The summed E-state index contributed by atoms with van der Waals surface area (Å²) in [5, 5.41) is 12.0. The standard InChI is InChI=1S/C21H21N3O4S2/c1-3-6-15(4-2)29-11-14-12-30-20-17(19(26)24(20)18(14)21(27)28)23-16(25)9-13-7-5-8-22-10-13/h3-8,10,17,20H,1-2,9,11-12H2,(H,23,25)(H,27,28)/b15-6+. The van der Waals surface area contributed by atoms with Gasteiger partial charge in [-0.25, -0.2) is 4.79 Å². The van der Waals surface area contributed by atoms with Crippen molar-refractivity contribution in [3.8, 4) is 0 Å². The molecule has 30 heavy (non-hydrogen) atoms. The zero-order chi connectivity index (χ0) is 21.7. The maximum absolute atomic E-state index is 12.7. The second-order valence-corrected chi connectivity index (χ2v) is 8.70. The first-order chi connectivity index (χ1) is 14.5. The molecular weight excluding hydrogens is 422 g/mol. The van der Waals surface area contributed by atoms with E-state index in [4.69, 9.17) is 0 Å². The van der Waals surface area contributed by atoms with Crippen LogP contribution in [0.5, 0.6) is 0 Å². The van der Waals surface area contributed by atoms with E-state index in [2.05, 4.69) is 23.5 Å². The maximum Gasteiger partial charge on any atom is 0.352 e. The molecule has 3 rings (SSSR count). The lowest BCUT2D eigenvalue weighted by Gasteiger charge is -2.49. The van der Waals surface area contributed by atoms with Gasteiger partial charge in [0.05, 0.1) is 6.42 Å². The smallest absolute Gasteiger partial charge is 0.352 e. The SMILES string of the molecule is C=C/C=C(\C=C)SCC1=C(C(=O)O)N2C(=O)C(NC(=O)Cc3cccnc3)C2SC1. The Hall–Kier alpha value is -2.78. The number of amides is 2. The van der Waals surface area contributed by atoms with E-state index >= 15 is 0 Å². The Kier molecular flexibility index (Phi) is 7.17. The van der Waals surface area contributed by atoms with E-state index in [1.54, 1.807) is 42.8 Å². The number of aliphatic carboxylic acids is 1. The molecule has 2 unspecified atom stereocenters. The molecule has 2 N–H and O–H groups in total. The molecule has 156 valence electrons. The van der Waals surface area contributed by atoms with Crippen LogP contribution >= 0.6 is 23.5 Å². The average Bonchev–Trinajstić information content (AvgIpc) is 2.74. The number of hydrogen-bond donors (Lipinski definition) is 2. The van der Waals surface area contributed by atoms with Crippen molar-refractivity contribution in [2.24, 2.45) is 0 Å². The lowest BCUT2D eigenvalue weighted by atomic mass is 10.0. The van der Waals surface area contributed by atoms with Gasteiger partial charge in [0.2, 0.25) is 5.91 Å². The molecule has 0 aliphatic carbocycles. The summed E-state index contributed by atoms with van der Waals surface area (Å²) in [6.45, 7) is 7.38. The number of thioether (sulfide) groups is 2. The number of carboxylic acid groups (broad SMARTS) is 1. The Labute approximate surface area is 183 Å². The van der Waals surface area contributed by atoms with Gasteiger partial charge in [0.15, 0.2) is 0 Å². The van der Waals surface area contributed by atoms with Gasteiger partial charge in [0, 0.05) is 28.8 Å². The number of allylic oxidation sites excluding steroid dienone is 3. The summed E-state index contributed by atoms with van der Waals surface area (Å²) >= 11 is 2.89. The van der Waals surface area contributed by atoms with Crippen molar-refractivity contribution in [1.82, 2.24) is 15.2 Å². The van der Waals surface area contributed by atoms with Crippen molar-refractivity contribution in [1.29, 1.82) is 0 Å². The van der Waals surface area contributed by atoms with Gasteiger partial charge in [0.25, 0.3) is 5.91 Å². The third-order valence-electron chi connectivity index (χ3n) is 4.55. The van der Waals surface area contributed by atoms with E-state index < -0.39 is 23.3 Å². The van der Waals surface area contributed by atoms with Crippen molar-refractivity contribution in [3.05, 3.63) is 77.7 Å². The molecule has 0 aromatic carbocycles. The monoisotopic (exact) mass is 443 g/mol. The third-order valence-corrected chi connectivity index (χ3v) is 7.02. The molecule has 0 bridgehead atoms. The molecule has 0 spiro atoms. The van der Waals surface area contributed by atoms with Gasteiger partial charge in [-0.3, -0.25) is 19.5 Å². The van der Waals surface area contributed by atoms with E-state index in [0.717, 1.165) is 10.5 Å². The van der Waals surface area contributed by atoms with Gasteiger partial charge in [-0.2, -0.15) is 0 Å². The quantitative estimate of drug-likeness (QED) is 0.446. The van der Waals surface area contributed by atoms with E-state index in [9.17, 15) is 19.5 Å². The largest absolute Gasteiger partial charge is 0.477 e. The first kappa shape index (κ1) is 21.9. The molecule has 2 aliphatic heterocycles. The molecule has 3 heterocycles. The zero-order valence-corrected chi connectivity index (χ0v) is 17.7. The number of nitrogens with one attached hydrogen (secondary N) is 1. The van der Waals surface area contributed by atoms with Crippen LogP contribution in [0.2, 0.25) is 0 Å². The fourth-order valence-electron chi connectivity index (χ4n) is 3.17. The zero-order valence-electron chi connectivity index (χ0n) is 16.1. The molecule has 2 amide bonds. The maximum atomic E-state index is 12.7. The second kappa shape index (κ2) is 9.82. The number of pyridine rings is 1. The van der Waals surface area contributed by atoms with Crippen molar-refractivity contribution in [3.63, 3.8) is 0 Å². The van der Waals surface area contributed by atoms with Gasteiger partial charge in [-0.15, -0.1) is 23.5 Å². The first-order valence-corrected chi connectivity index (χ1v) is 11.2. The minimum Gasteiger partial charge on any atom is -0.477 e. The van der Waals surface area contributed by atoms with Crippen LogP contribution in [0.1, 0.15) is 5.56 Å². The first-order valence-electron chi connectivity index (χ1n) is 9.12. The van der Waals surface area contributed by atoms with Crippen LogP contribution < -0.4 is 5.32 Å². The number of rotatable bonds is 9. The molecule has 0 saturated carbocycles.